The molecule has 3 rings (SSSR count). The smallest absolute Gasteiger partial charge is 0.222 e. The molecule has 1 saturated heterocycles. The number of aliphatic imine (C=N–C) groups is 1. The molecule has 0 unspecified atom stereocenters. The van der Waals surface area contributed by atoms with Gasteiger partial charge in [0.2, 0.25) is 5.91 Å². The molecule has 5 nitrogen and oxygen atoms in total. The van der Waals surface area contributed by atoms with E-state index in [1.54, 1.807) is 0 Å². The quantitative estimate of drug-likeness (QED) is 0.630. The Labute approximate surface area is 157 Å². The zero-order valence-corrected chi connectivity index (χ0v) is 16.1. The zero-order chi connectivity index (χ0) is 18.4. The van der Waals surface area contributed by atoms with Gasteiger partial charge in [-0.1, -0.05) is 31.2 Å². The maximum Gasteiger partial charge on any atom is 0.222 e. The van der Waals surface area contributed by atoms with Crippen molar-refractivity contribution in [3.63, 3.8) is 0 Å². The van der Waals surface area contributed by atoms with Gasteiger partial charge in [0.1, 0.15) is 0 Å². The molecule has 0 aromatic heterocycles. The van der Waals surface area contributed by atoms with Crippen molar-refractivity contribution in [2.75, 3.05) is 13.6 Å². The molecule has 1 heterocycles. The van der Waals surface area contributed by atoms with Crippen LogP contribution >= 0.6 is 0 Å². The molecule has 2 fully saturated rings. The summed E-state index contributed by atoms with van der Waals surface area (Å²) < 4.78 is 0. The summed E-state index contributed by atoms with van der Waals surface area (Å²) in [7, 11) is 1.83. The number of hydrogen-bond donors (Lipinski definition) is 2. The SMILES string of the molecule is CN=C(NCc1ccccc1CN1CCCC1=O)NC1CCC(C)CC1. The molecule has 2 aliphatic rings. The molecule has 1 aromatic carbocycles. The Morgan fingerprint density at radius 3 is 2.58 bits per heavy atom. The normalized spacial score (nSPS) is 24.0. The van der Waals surface area contributed by atoms with E-state index in [0.717, 1.165) is 31.4 Å². The van der Waals surface area contributed by atoms with Crippen LogP contribution in [0.3, 0.4) is 0 Å². The van der Waals surface area contributed by atoms with Crippen molar-refractivity contribution in [2.24, 2.45) is 10.9 Å². The molecular formula is C21H32N4O. The number of amides is 1. The standard InChI is InChI=1S/C21H32N4O/c1-16-9-11-19(12-10-16)24-21(22-2)23-14-17-6-3-4-7-18(17)15-25-13-5-8-20(25)26/h3-4,6-7,16,19H,5,8-15H2,1-2H3,(H2,22,23,24). The van der Waals surface area contributed by atoms with E-state index in [1.807, 2.05) is 11.9 Å². The van der Waals surface area contributed by atoms with E-state index in [4.69, 9.17) is 0 Å². The van der Waals surface area contributed by atoms with Crippen LogP contribution in [0.4, 0.5) is 0 Å². The summed E-state index contributed by atoms with van der Waals surface area (Å²) in [6.45, 7) is 4.65. The molecule has 0 atom stereocenters. The lowest BCUT2D eigenvalue weighted by molar-refractivity contribution is -0.128. The first kappa shape index (κ1) is 18.7. The summed E-state index contributed by atoms with van der Waals surface area (Å²) >= 11 is 0. The second kappa shape index (κ2) is 9.06. The summed E-state index contributed by atoms with van der Waals surface area (Å²) in [5.74, 6) is 2.00. The second-order valence-electron chi connectivity index (χ2n) is 7.71. The molecule has 1 aliphatic carbocycles. The Bertz CT molecular complexity index is 635. The molecule has 1 saturated carbocycles. The predicted octanol–water partition coefficient (Wildman–Crippen LogP) is 3.05. The van der Waals surface area contributed by atoms with Crippen LogP contribution < -0.4 is 10.6 Å². The van der Waals surface area contributed by atoms with Gasteiger partial charge in [-0.15, -0.1) is 0 Å². The zero-order valence-electron chi connectivity index (χ0n) is 16.1. The van der Waals surface area contributed by atoms with Crippen LogP contribution in [0.15, 0.2) is 29.3 Å². The largest absolute Gasteiger partial charge is 0.354 e. The van der Waals surface area contributed by atoms with Gasteiger partial charge < -0.3 is 15.5 Å². The lowest BCUT2D eigenvalue weighted by Crippen LogP contribution is -2.44. The monoisotopic (exact) mass is 356 g/mol. The van der Waals surface area contributed by atoms with E-state index in [1.165, 1.54) is 36.8 Å². The average Bonchev–Trinajstić information content (AvgIpc) is 3.06. The number of nitrogens with zero attached hydrogens (tertiary/aromatic N) is 2. The van der Waals surface area contributed by atoms with Gasteiger partial charge in [0, 0.05) is 39.1 Å². The summed E-state index contributed by atoms with van der Waals surface area (Å²) in [5, 5.41) is 7.03. The first-order chi connectivity index (χ1) is 12.7. The van der Waals surface area contributed by atoms with E-state index >= 15 is 0 Å². The lowest BCUT2D eigenvalue weighted by atomic mass is 9.87. The Morgan fingerprint density at radius 2 is 1.92 bits per heavy atom. The first-order valence-corrected chi connectivity index (χ1v) is 9.97. The lowest BCUT2D eigenvalue weighted by Gasteiger charge is -2.28. The molecule has 26 heavy (non-hydrogen) atoms. The van der Waals surface area contributed by atoms with Gasteiger partial charge in [-0.3, -0.25) is 9.79 Å². The molecule has 5 heteroatoms. The van der Waals surface area contributed by atoms with Crippen molar-refractivity contribution in [1.29, 1.82) is 0 Å². The number of likely N-dealkylation sites (tertiary alicyclic amines) is 1. The van der Waals surface area contributed by atoms with E-state index in [9.17, 15) is 4.79 Å². The minimum atomic E-state index is 0.275. The fraction of sp³-hybridized carbons (Fsp3) is 0.619. The number of rotatable bonds is 5. The highest BCUT2D eigenvalue weighted by molar-refractivity contribution is 5.80. The van der Waals surface area contributed by atoms with Crippen molar-refractivity contribution in [2.45, 2.75) is 64.6 Å². The van der Waals surface area contributed by atoms with Crippen LogP contribution in [0.5, 0.6) is 0 Å². The Morgan fingerprint density at radius 1 is 1.19 bits per heavy atom. The Hall–Kier alpha value is -2.04. The summed E-state index contributed by atoms with van der Waals surface area (Å²) in [6, 6.07) is 8.90. The molecular weight excluding hydrogens is 324 g/mol. The molecule has 1 aliphatic heterocycles. The maximum atomic E-state index is 11.9. The van der Waals surface area contributed by atoms with Crippen molar-refractivity contribution >= 4 is 11.9 Å². The Kier molecular flexibility index (Phi) is 6.53. The number of nitrogens with one attached hydrogen (secondary N) is 2. The van der Waals surface area contributed by atoms with Crippen LogP contribution in [-0.4, -0.2) is 36.4 Å². The minimum Gasteiger partial charge on any atom is -0.354 e. The van der Waals surface area contributed by atoms with Crippen LogP contribution in [-0.2, 0) is 17.9 Å². The fourth-order valence-corrected chi connectivity index (χ4v) is 3.93. The minimum absolute atomic E-state index is 0.275. The number of guanidine groups is 1. The summed E-state index contributed by atoms with van der Waals surface area (Å²) in [6.07, 6.45) is 6.70. The predicted molar refractivity (Wildman–Crippen MR) is 106 cm³/mol. The molecule has 1 amide bonds. The van der Waals surface area contributed by atoms with Gasteiger partial charge in [-0.05, 0) is 49.1 Å². The molecule has 0 bridgehead atoms. The molecule has 142 valence electrons. The van der Waals surface area contributed by atoms with Gasteiger partial charge in [-0.25, -0.2) is 0 Å². The van der Waals surface area contributed by atoms with Crippen LogP contribution in [0.25, 0.3) is 0 Å². The first-order valence-electron chi connectivity index (χ1n) is 9.97. The van der Waals surface area contributed by atoms with Crippen molar-refractivity contribution in [1.82, 2.24) is 15.5 Å². The number of benzene rings is 1. The number of carbonyl (C=O) groups excluding carboxylic acids is 1. The molecule has 2 N–H and O–H groups in total. The number of hydrogen-bond acceptors (Lipinski definition) is 2. The van der Waals surface area contributed by atoms with Crippen LogP contribution in [0.2, 0.25) is 0 Å². The topological polar surface area (TPSA) is 56.7 Å². The van der Waals surface area contributed by atoms with Crippen molar-refractivity contribution in [3.05, 3.63) is 35.4 Å². The fourth-order valence-electron chi connectivity index (χ4n) is 3.93. The molecule has 1 aromatic rings. The highest BCUT2D eigenvalue weighted by Gasteiger charge is 2.21. The van der Waals surface area contributed by atoms with Crippen LogP contribution in [0, 0.1) is 5.92 Å². The van der Waals surface area contributed by atoms with E-state index in [-0.39, 0.29) is 5.91 Å². The second-order valence-corrected chi connectivity index (χ2v) is 7.71. The van der Waals surface area contributed by atoms with Gasteiger partial charge in [0.15, 0.2) is 5.96 Å². The summed E-state index contributed by atoms with van der Waals surface area (Å²) in [5.41, 5.74) is 2.45. The number of carbonyl (C=O) groups is 1. The van der Waals surface area contributed by atoms with E-state index in [0.29, 0.717) is 19.0 Å². The van der Waals surface area contributed by atoms with Gasteiger partial charge >= 0.3 is 0 Å². The molecule has 0 radical (unpaired) electrons. The third-order valence-corrected chi connectivity index (χ3v) is 5.68. The highest BCUT2D eigenvalue weighted by atomic mass is 16.2. The van der Waals surface area contributed by atoms with Crippen molar-refractivity contribution < 1.29 is 4.79 Å². The van der Waals surface area contributed by atoms with Gasteiger partial charge in [-0.2, -0.15) is 0 Å². The van der Waals surface area contributed by atoms with E-state index in [2.05, 4.69) is 46.8 Å². The van der Waals surface area contributed by atoms with Crippen molar-refractivity contribution in [3.8, 4) is 0 Å². The van der Waals surface area contributed by atoms with Gasteiger partial charge in [0.25, 0.3) is 0 Å². The Balaban J connectivity index is 1.55. The molecule has 0 spiro atoms. The maximum absolute atomic E-state index is 11.9. The average molecular weight is 357 g/mol. The van der Waals surface area contributed by atoms with Crippen LogP contribution in [0.1, 0.15) is 56.6 Å². The van der Waals surface area contributed by atoms with E-state index < -0.39 is 0 Å². The highest BCUT2D eigenvalue weighted by Crippen LogP contribution is 2.23. The third-order valence-electron chi connectivity index (χ3n) is 5.68. The summed E-state index contributed by atoms with van der Waals surface area (Å²) in [4.78, 5) is 18.3. The third kappa shape index (κ3) is 4.99. The van der Waals surface area contributed by atoms with Gasteiger partial charge in [0.05, 0.1) is 0 Å².